The third kappa shape index (κ3) is 6.08. The van der Waals surface area contributed by atoms with Gasteiger partial charge in [0.25, 0.3) is 0 Å². The maximum absolute atomic E-state index is 13.0. The summed E-state index contributed by atoms with van der Waals surface area (Å²) in [6, 6.07) is 15.9. The fraction of sp³-hybridized carbons (Fsp3) is 0.350. The van der Waals surface area contributed by atoms with Crippen LogP contribution in [0.15, 0.2) is 59.5 Å². The molecule has 0 aromatic heterocycles. The first kappa shape index (κ1) is 20.9. The number of hydrogen-bond acceptors (Lipinski definition) is 5. The fourth-order valence-corrected chi connectivity index (χ4v) is 4.06. The quantitative estimate of drug-likeness (QED) is 0.582. The van der Waals surface area contributed by atoms with Gasteiger partial charge in [0.05, 0.1) is 18.6 Å². The molecule has 0 aliphatic rings. The number of ether oxygens (including phenoxy) is 2. The number of rotatable bonds is 10. The lowest BCUT2D eigenvalue weighted by atomic mass is 10.1. The van der Waals surface area contributed by atoms with Gasteiger partial charge in [-0.1, -0.05) is 30.3 Å². The molecule has 2 aromatic rings. The van der Waals surface area contributed by atoms with Gasteiger partial charge in [-0.05, 0) is 49.6 Å². The number of sulfonamides is 1. The predicted molar refractivity (Wildman–Crippen MR) is 103 cm³/mol. The van der Waals surface area contributed by atoms with Crippen molar-refractivity contribution in [2.24, 2.45) is 0 Å². The zero-order chi connectivity index (χ0) is 19.7. The largest absolute Gasteiger partial charge is 0.497 e. The summed E-state index contributed by atoms with van der Waals surface area (Å²) in [6.45, 7) is 1.81. The van der Waals surface area contributed by atoms with Gasteiger partial charge in [0.2, 0.25) is 10.0 Å². The molecule has 146 valence electrons. The molecule has 7 heteroatoms. The molecule has 0 bridgehead atoms. The lowest BCUT2D eigenvalue weighted by molar-refractivity contribution is -0.143. The molecule has 0 heterocycles. The van der Waals surface area contributed by atoms with Crippen molar-refractivity contribution in [3.05, 3.63) is 60.2 Å². The molecule has 0 atom stereocenters. The Morgan fingerprint density at radius 1 is 1.04 bits per heavy atom. The minimum Gasteiger partial charge on any atom is -0.497 e. The van der Waals surface area contributed by atoms with E-state index in [4.69, 9.17) is 9.47 Å². The Bertz CT molecular complexity index is 819. The van der Waals surface area contributed by atoms with Crippen LogP contribution in [-0.2, 0) is 26.0 Å². The van der Waals surface area contributed by atoms with Gasteiger partial charge in [0.1, 0.15) is 12.3 Å². The number of carbonyl (C=O) groups excluding carboxylic acids is 1. The van der Waals surface area contributed by atoms with E-state index in [1.165, 1.54) is 23.5 Å². The second-order valence-corrected chi connectivity index (χ2v) is 7.85. The molecule has 0 radical (unpaired) electrons. The van der Waals surface area contributed by atoms with Crippen LogP contribution in [0.2, 0.25) is 0 Å². The molecule has 0 spiro atoms. The van der Waals surface area contributed by atoms with Gasteiger partial charge in [-0.25, -0.2) is 8.42 Å². The van der Waals surface area contributed by atoms with Crippen molar-refractivity contribution in [1.29, 1.82) is 0 Å². The highest BCUT2D eigenvalue weighted by Crippen LogP contribution is 2.20. The van der Waals surface area contributed by atoms with Gasteiger partial charge in [0.15, 0.2) is 0 Å². The number of benzene rings is 2. The van der Waals surface area contributed by atoms with E-state index < -0.39 is 16.0 Å². The summed E-state index contributed by atoms with van der Waals surface area (Å²) in [5.74, 6) is 0.00395. The average Bonchev–Trinajstić information content (AvgIpc) is 2.68. The molecule has 6 nitrogen and oxygen atoms in total. The first-order chi connectivity index (χ1) is 13.0. The molecule has 0 amide bonds. The summed E-state index contributed by atoms with van der Waals surface area (Å²) < 4.78 is 37.2. The smallest absolute Gasteiger partial charge is 0.321 e. The summed E-state index contributed by atoms with van der Waals surface area (Å²) in [4.78, 5) is 12.0. The number of hydrogen-bond donors (Lipinski definition) is 0. The van der Waals surface area contributed by atoms with Crippen molar-refractivity contribution in [2.45, 2.75) is 24.7 Å². The molecule has 0 saturated heterocycles. The Morgan fingerprint density at radius 2 is 1.70 bits per heavy atom. The van der Waals surface area contributed by atoms with Gasteiger partial charge < -0.3 is 9.47 Å². The van der Waals surface area contributed by atoms with Gasteiger partial charge in [-0.2, -0.15) is 4.31 Å². The zero-order valence-corrected chi connectivity index (χ0v) is 16.4. The molecule has 0 N–H and O–H groups in total. The van der Waals surface area contributed by atoms with Gasteiger partial charge in [-0.15, -0.1) is 0 Å². The van der Waals surface area contributed by atoms with E-state index in [2.05, 4.69) is 0 Å². The van der Waals surface area contributed by atoms with Gasteiger partial charge in [-0.3, -0.25) is 4.79 Å². The Labute approximate surface area is 160 Å². The normalized spacial score (nSPS) is 11.4. The average molecular weight is 391 g/mol. The zero-order valence-electron chi connectivity index (χ0n) is 15.6. The second-order valence-electron chi connectivity index (χ2n) is 5.91. The highest BCUT2D eigenvalue weighted by Gasteiger charge is 2.26. The summed E-state index contributed by atoms with van der Waals surface area (Å²) in [5.41, 5.74) is 1.12. The maximum atomic E-state index is 13.0. The Hall–Kier alpha value is -2.38. The minimum atomic E-state index is -3.82. The van der Waals surface area contributed by atoms with Crippen LogP contribution < -0.4 is 4.74 Å². The van der Waals surface area contributed by atoms with Crippen LogP contribution in [0.1, 0.15) is 18.9 Å². The summed E-state index contributed by atoms with van der Waals surface area (Å²) in [6.07, 6.45) is 1.32. The minimum absolute atomic E-state index is 0.118. The number of carbonyl (C=O) groups is 1. The van der Waals surface area contributed by atoms with Crippen LogP contribution in [0.4, 0.5) is 0 Å². The lowest BCUT2D eigenvalue weighted by Crippen LogP contribution is -2.37. The standard InChI is InChI=1S/C20H25NO5S/c1-3-26-20(22)16-21(15-7-10-17-8-5-4-6-9-17)27(23,24)19-13-11-18(25-2)12-14-19/h4-6,8-9,11-14H,3,7,10,15-16H2,1-2H3. The van der Waals surface area contributed by atoms with Crippen LogP contribution in [0.5, 0.6) is 5.75 Å². The van der Waals surface area contributed by atoms with Crippen LogP contribution in [0.3, 0.4) is 0 Å². The Balaban J connectivity index is 2.14. The van der Waals surface area contributed by atoms with E-state index in [1.54, 1.807) is 19.1 Å². The molecular weight excluding hydrogens is 366 g/mol. The van der Waals surface area contributed by atoms with E-state index in [-0.39, 0.29) is 24.6 Å². The Morgan fingerprint density at radius 3 is 2.30 bits per heavy atom. The third-order valence-corrected chi connectivity index (χ3v) is 5.88. The van der Waals surface area contributed by atoms with E-state index in [1.807, 2.05) is 30.3 Å². The van der Waals surface area contributed by atoms with Crippen LogP contribution in [-0.4, -0.2) is 45.5 Å². The number of esters is 1. The van der Waals surface area contributed by atoms with Crippen LogP contribution >= 0.6 is 0 Å². The highest BCUT2D eigenvalue weighted by atomic mass is 32.2. The first-order valence-corrected chi connectivity index (χ1v) is 10.2. The molecule has 0 unspecified atom stereocenters. The second kappa shape index (κ2) is 10.1. The molecule has 0 fully saturated rings. The van der Waals surface area contributed by atoms with Crippen molar-refractivity contribution in [1.82, 2.24) is 4.31 Å². The first-order valence-electron chi connectivity index (χ1n) is 8.81. The highest BCUT2D eigenvalue weighted by molar-refractivity contribution is 7.89. The third-order valence-electron chi connectivity index (χ3n) is 4.02. The summed E-state index contributed by atoms with van der Waals surface area (Å²) >= 11 is 0. The summed E-state index contributed by atoms with van der Waals surface area (Å²) in [7, 11) is -2.30. The number of nitrogens with zero attached hydrogens (tertiary/aromatic N) is 1. The van der Waals surface area contributed by atoms with E-state index in [0.29, 0.717) is 12.2 Å². The maximum Gasteiger partial charge on any atom is 0.321 e. The van der Waals surface area contributed by atoms with Crippen LogP contribution in [0.25, 0.3) is 0 Å². The molecule has 27 heavy (non-hydrogen) atoms. The topological polar surface area (TPSA) is 72.9 Å². The lowest BCUT2D eigenvalue weighted by Gasteiger charge is -2.21. The molecule has 2 rings (SSSR count). The SMILES string of the molecule is CCOC(=O)CN(CCCc1ccccc1)S(=O)(=O)c1ccc(OC)cc1. The van der Waals surface area contributed by atoms with Crippen molar-refractivity contribution < 1.29 is 22.7 Å². The van der Waals surface area contributed by atoms with E-state index in [0.717, 1.165) is 12.0 Å². The fourth-order valence-electron chi connectivity index (χ4n) is 2.64. The molecule has 0 aliphatic heterocycles. The van der Waals surface area contributed by atoms with Crippen molar-refractivity contribution in [3.63, 3.8) is 0 Å². The molecule has 0 aliphatic carbocycles. The monoisotopic (exact) mass is 391 g/mol. The van der Waals surface area contributed by atoms with Crippen molar-refractivity contribution >= 4 is 16.0 Å². The van der Waals surface area contributed by atoms with Crippen molar-refractivity contribution in [3.8, 4) is 5.75 Å². The van der Waals surface area contributed by atoms with E-state index in [9.17, 15) is 13.2 Å². The summed E-state index contributed by atoms with van der Waals surface area (Å²) in [5, 5.41) is 0. The number of aryl methyl sites for hydroxylation is 1. The predicted octanol–water partition coefficient (Wildman–Crippen LogP) is 2.88. The Kier molecular flexibility index (Phi) is 7.82. The van der Waals surface area contributed by atoms with Crippen LogP contribution in [0, 0.1) is 0 Å². The molecular formula is C20H25NO5S. The van der Waals surface area contributed by atoms with Crippen molar-refractivity contribution in [2.75, 3.05) is 26.8 Å². The van der Waals surface area contributed by atoms with Gasteiger partial charge >= 0.3 is 5.97 Å². The molecule has 0 saturated carbocycles. The molecule has 2 aromatic carbocycles. The van der Waals surface area contributed by atoms with Gasteiger partial charge in [0, 0.05) is 6.54 Å². The van der Waals surface area contributed by atoms with E-state index >= 15 is 0 Å². The number of methoxy groups -OCH3 is 1.